The van der Waals surface area contributed by atoms with E-state index in [-0.39, 0.29) is 17.9 Å². The number of ether oxygens (including phenoxy) is 2. The van der Waals surface area contributed by atoms with E-state index in [0.29, 0.717) is 6.42 Å². The van der Waals surface area contributed by atoms with Gasteiger partial charge < -0.3 is 14.8 Å². The first-order chi connectivity index (χ1) is 8.78. The van der Waals surface area contributed by atoms with Crippen LogP contribution in [0.1, 0.15) is 30.7 Å². The molecule has 2 unspecified atom stereocenters. The van der Waals surface area contributed by atoms with Gasteiger partial charge in [0.1, 0.15) is 5.75 Å². The maximum absolute atomic E-state index is 11.8. The molecule has 2 aliphatic heterocycles. The number of amides is 1. The summed E-state index contributed by atoms with van der Waals surface area (Å²) in [7, 11) is 1.63. The Hall–Kier alpha value is -1.55. The van der Waals surface area contributed by atoms with Crippen LogP contribution < -0.4 is 10.1 Å². The summed E-state index contributed by atoms with van der Waals surface area (Å²) in [5, 5.41) is 2.91. The van der Waals surface area contributed by atoms with Gasteiger partial charge in [-0.1, -0.05) is 6.07 Å². The lowest BCUT2D eigenvalue weighted by Crippen LogP contribution is -2.29. The Bertz CT molecular complexity index is 466. The van der Waals surface area contributed by atoms with Crippen molar-refractivity contribution in [3.63, 3.8) is 0 Å². The number of anilines is 1. The highest BCUT2D eigenvalue weighted by molar-refractivity contribution is 5.95. The Morgan fingerprint density at radius 1 is 1.44 bits per heavy atom. The Kier molecular flexibility index (Phi) is 2.96. The van der Waals surface area contributed by atoms with Gasteiger partial charge in [-0.05, 0) is 24.5 Å². The minimum Gasteiger partial charge on any atom is -0.497 e. The van der Waals surface area contributed by atoms with Crippen molar-refractivity contribution in [2.45, 2.75) is 31.3 Å². The maximum atomic E-state index is 11.8. The minimum atomic E-state index is 0.0660. The molecule has 3 rings (SSSR count). The molecule has 0 spiro atoms. The van der Waals surface area contributed by atoms with Crippen molar-refractivity contribution in [1.29, 1.82) is 0 Å². The number of fused-ring (bicyclic) bond motifs is 1. The van der Waals surface area contributed by atoms with Gasteiger partial charge in [0.15, 0.2) is 0 Å². The number of methoxy groups -OCH3 is 1. The lowest BCUT2D eigenvalue weighted by atomic mass is 9.85. The summed E-state index contributed by atoms with van der Waals surface area (Å²) >= 11 is 0. The van der Waals surface area contributed by atoms with E-state index in [2.05, 4.69) is 5.32 Å². The summed E-state index contributed by atoms with van der Waals surface area (Å²) < 4.78 is 10.9. The standard InChI is InChI=1S/C14H17NO3/c1-17-9-4-5-10-11(13-3-2-6-18-13)8-14(16)15-12(10)7-9/h4-5,7,11,13H,2-3,6,8H2,1H3,(H,15,16). The van der Waals surface area contributed by atoms with Crippen LogP contribution in [-0.2, 0) is 9.53 Å². The van der Waals surface area contributed by atoms with Crippen molar-refractivity contribution in [2.24, 2.45) is 0 Å². The van der Waals surface area contributed by atoms with Crippen LogP contribution in [-0.4, -0.2) is 25.7 Å². The number of benzene rings is 1. The highest BCUT2D eigenvalue weighted by Gasteiger charge is 2.34. The number of hydrogen-bond acceptors (Lipinski definition) is 3. The van der Waals surface area contributed by atoms with E-state index in [1.165, 1.54) is 5.56 Å². The summed E-state index contributed by atoms with van der Waals surface area (Å²) in [4.78, 5) is 11.8. The van der Waals surface area contributed by atoms with E-state index >= 15 is 0 Å². The first-order valence-corrected chi connectivity index (χ1v) is 6.37. The van der Waals surface area contributed by atoms with Gasteiger partial charge >= 0.3 is 0 Å². The number of rotatable bonds is 2. The van der Waals surface area contributed by atoms with Gasteiger partial charge in [0.05, 0.1) is 13.2 Å². The first kappa shape index (κ1) is 11.5. The van der Waals surface area contributed by atoms with Crippen molar-refractivity contribution in [3.8, 4) is 5.75 Å². The Morgan fingerprint density at radius 2 is 2.33 bits per heavy atom. The normalized spacial score (nSPS) is 26.6. The third kappa shape index (κ3) is 1.97. The fraction of sp³-hybridized carbons (Fsp3) is 0.500. The lowest BCUT2D eigenvalue weighted by Gasteiger charge is -2.29. The second kappa shape index (κ2) is 4.61. The van der Waals surface area contributed by atoms with Crippen LogP contribution in [0.3, 0.4) is 0 Å². The molecule has 4 heteroatoms. The number of carbonyl (C=O) groups is 1. The third-order valence-electron chi connectivity index (χ3n) is 3.75. The van der Waals surface area contributed by atoms with E-state index in [1.807, 2.05) is 18.2 Å². The second-order valence-electron chi connectivity index (χ2n) is 4.86. The van der Waals surface area contributed by atoms with Gasteiger partial charge in [0, 0.05) is 30.7 Å². The van der Waals surface area contributed by atoms with Gasteiger partial charge in [0.2, 0.25) is 5.91 Å². The van der Waals surface area contributed by atoms with E-state index in [4.69, 9.17) is 9.47 Å². The number of carbonyl (C=O) groups excluding carboxylic acids is 1. The zero-order valence-electron chi connectivity index (χ0n) is 10.4. The second-order valence-corrected chi connectivity index (χ2v) is 4.86. The Labute approximate surface area is 106 Å². The van der Waals surface area contributed by atoms with E-state index < -0.39 is 0 Å². The Morgan fingerprint density at radius 3 is 3.06 bits per heavy atom. The summed E-state index contributed by atoms with van der Waals surface area (Å²) in [6.07, 6.45) is 2.84. The van der Waals surface area contributed by atoms with Crippen LogP contribution >= 0.6 is 0 Å². The summed E-state index contributed by atoms with van der Waals surface area (Å²) in [5.74, 6) is 1.01. The molecule has 0 aliphatic carbocycles. The van der Waals surface area contributed by atoms with Gasteiger partial charge in [-0.25, -0.2) is 0 Å². The molecule has 0 radical (unpaired) electrons. The summed E-state index contributed by atoms with van der Waals surface area (Å²) in [5.41, 5.74) is 2.04. The van der Waals surface area contributed by atoms with E-state index in [9.17, 15) is 4.79 Å². The van der Waals surface area contributed by atoms with Crippen molar-refractivity contribution in [1.82, 2.24) is 0 Å². The predicted molar refractivity (Wildman–Crippen MR) is 68.0 cm³/mol. The van der Waals surface area contributed by atoms with Crippen LogP contribution in [0.25, 0.3) is 0 Å². The molecular formula is C14H17NO3. The molecule has 18 heavy (non-hydrogen) atoms. The van der Waals surface area contributed by atoms with Gasteiger partial charge in [0.25, 0.3) is 0 Å². The largest absolute Gasteiger partial charge is 0.497 e. The van der Waals surface area contributed by atoms with E-state index in [1.54, 1.807) is 7.11 Å². The van der Waals surface area contributed by atoms with Gasteiger partial charge in [-0.15, -0.1) is 0 Å². The maximum Gasteiger partial charge on any atom is 0.225 e. The van der Waals surface area contributed by atoms with Crippen LogP contribution in [0, 0.1) is 0 Å². The van der Waals surface area contributed by atoms with Crippen molar-refractivity contribution < 1.29 is 14.3 Å². The molecule has 1 fully saturated rings. The molecule has 1 amide bonds. The average Bonchev–Trinajstić information content (AvgIpc) is 2.90. The molecule has 2 atom stereocenters. The smallest absolute Gasteiger partial charge is 0.225 e. The van der Waals surface area contributed by atoms with Crippen LogP contribution in [0.4, 0.5) is 5.69 Å². The van der Waals surface area contributed by atoms with Gasteiger partial charge in [-0.2, -0.15) is 0 Å². The zero-order valence-corrected chi connectivity index (χ0v) is 10.4. The molecule has 1 saturated heterocycles. The van der Waals surface area contributed by atoms with Crippen LogP contribution in [0.5, 0.6) is 5.75 Å². The zero-order chi connectivity index (χ0) is 12.5. The number of hydrogen-bond donors (Lipinski definition) is 1. The monoisotopic (exact) mass is 247 g/mol. The molecule has 2 heterocycles. The lowest BCUT2D eigenvalue weighted by molar-refractivity contribution is -0.117. The summed E-state index contributed by atoms with van der Waals surface area (Å²) in [6.45, 7) is 0.814. The van der Waals surface area contributed by atoms with Crippen molar-refractivity contribution in [2.75, 3.05) is 19.0 Å². The van der Waals surface area contributed by atoms with Crippen LogP contribution in [0.15, 0.2) is 18.2 Å². The SMILES string of the molecule is COc1ccc2c(c1)NC(=O)CC2C1CCCO1. The first-order valence-electron chi connectivity index (χ1n) is 6.37. The fourth-order valence-corrected chi connectivity index (χ4v) is 2.86. The van der Waals surface area contributed by atoms with E-state index in [0.717, 1.165) is 30.9 Å². The van der Waals surface area contributed by atoms with Crippen molar-refractivity contribution >= 4 is 11.6 Å². The molecule has 1 aromatic rings. The molecule has 4 nitrogen and oxygen atoms in total. The molecule has 1 N–H and O–H groups in total. The van der Waals surface area contributed by atoms with Gasteiger partial charge in [-0.3, -0.25) is 4.79 Å². The summed E-state index contributed by atoms with van der Waals surface area (Å²) in [6, 6.07) is 5.87. The topological polar surface area (TPSA) is 47.6 Å². The minimum absolute atomic E-state index is 0.0660. The molecule has 96 valence electrons. The molecule has 2 aliphatic rings. The fourth-order valence-electron chi connectivity index (χ4n) is 2.86. The highest BCUT2D eigenvalue weighted by Crippen LogP contribution is 2.40. The van der Waals surface area contributed by atoms with Crippen molar-refractivity contribution in [3.05, 3.63) is 23.8 Å². The van der Waals surface area contributed by atoms with Crippen LogP contribution in [0.2, 0.25) is 0 Å². The molecule has 1 aromatic carbocycles. The molecule has 0 bridgehead atoms. The molecule has 0 saturated carbocycles. The quantitative estimate of drug-likeness (QED) is 0.872. The average molecular weight is 247 g/mol. The molecular weight excluding hydrogens is 230 g/mol. The predicted octanol–water partition coefficient (Wildman–Crippen LogP) is 2.30. The third-order valence-corrected chi connectivity index (χ3v) is 3.75. The molecule has 0 aromatic heterocycles. The Balaban J connectivity index is 1.96. The highest BCUT2D eigenvalue weighted by atomic mass is 16.5. The number of nitrogens with one attached hydrogen (secondary N) is 1.